The lowest BCUT2D eigenvalue weighted by atomic mass is 10.1. The Hall–Kier alpha value is -3.60. The second-order valence-electron chi connectivity index (χ2n) is 7.84. The number of aryl methyl sites for hydroxylation is 2. The van der Waals surface area contributed by atoms with E-state index in [9.17, 15) is 13.6 Å². The summed E-state index contributed by atoms with van der Waals surface area (Å²) in [5.41, 5.74) is 4.21. The standard InChI is InChI=1S/C23H19F2N3O5S/c1-10-4-14(19-15(5-10)27-17(7-26-19)33-23(24)25)22-28-18-11(2)6-16-20(21(18)34-22)31-9-13(32-16)8-30-12(3)29/h4-7,13,23H,8-9H2,1-3H3. The summed E-state index contributed by atoms with van der Waals surface area (Å²) in [5, 5.41) is 0.683. The largest absolute Gasteiger partial charge is 0.484 e. The van der Waals surface area contributed by atoms with Crippen molar-refractivity contribution < 1.29 is 32.5 Å². The molecule has 0 spiro atoms. The molecular formula is C23H19F2N3O5S. The van der Waals surface area contributed by atoms with Gasteiger partial charge in [0.05, 0.1) is 22.7 Å². The maximum Gasteiger partial charge on any atom is 0.388 e. The van der Waals surface area contributed by atoms with Crippen LogP contribution in [-0.2, 0) is 9.53 Å². The Morgan fingerprint density at radius 3 is 2.82 bits per heavy atom. The maximum absolute atomic E-state index is 12.6. The highest BCUT2D eigenvalue weighted by Crippen LogP contribution is 2.46. The van der Waals surface area contributed by atoms with E-state index in [4.69, 9.17) is 19.2 Å². The van der Waals surface area contributed by atoms with Crippen molar-refractivity contribution in [2.75, 3.05) is 13.2 Å². The van der Waals surface area contributed by atoms with E-state index in [-0.39, 0.29) is 25.1 Å². The summed E-state index contributed by atoms with van der Waals surface area (Å²) in [6, 6.07) is 5.53. The molecule has 0 saturated heterocycles. The van der Waals surface area contributed by atoms with Gasteiger partial charge in [-0.25, -0.2) is 15.0 Å². The van der Waals surface area contributed by atoms with Crippen molar-refractivity contribution in [2.24, 2.45) is 0 Å². The Balaban J connectivity index is 1.57. The van der Waals surface area contributed by atoms with Crippen LogP contribution in [0.2, 0.25) is 0 Å². The van der Waals surface area contributed by atoms with E-state index >= 15 is 0 Å². The number of ether oxygens (including phenoxy) is 4. The van der Waals surface area contributed by atoms with Crippen molar-refractivity contribution in [3.05, 3.63) is 35.5 Å². The molecule has 0 fully saturated rings. The highest BCUT2D eigenvalue weighted by atomic mass is 32.1. The molecule has 1 unspecified atom stereocenters. The zero-order valence-electron chi connectivity index (χ0n) is 18.4. The minimum absolute atomic E-state index is 0.102. The van der Waals surface area contributed by atoms with Crippen LogP contribution in [0.25, 0.3) is 31.8 Å². The molecule has 0 N–H and O–H groups in total. The molecule has 0 aliphatic carbocycles. The number of esters is 1. The van der Waals surface area contributed by atoms with E-state index in [2.05, 4.69) is 14.7 Å². The summed E-state index contributed by atoms with van der Waals surface area (Å²) in [4.78, 5) is 24.4. The third-order valence-corrected chi connectivity index (χ3v) is 6.25. The molecule has 5 rings (SSSR count). The first-order valence-corrected chi connectivity index (χ1v) is 11.2. The molecule has 8 nitrogen and oxygen atoms in total. The second kappa shape index (κ2) is 8.64. The van der Waals surface area contributed by atoms with E-state index < -0.39 is 12.7 Å². The SMILES string of the molecule is CC(=O)OCC1COc2c(cc(C)c3nc(-c4cc(C)cc5nc(OC(F)F)cnc45)sc23)O1. The molecule has 2 aromatic carbocycles. The Labute approximate surface area is 196 Å². The lowest BCUT2D eigenvalue weighted by molar-refractivity contribution is -0.144. The smallest absolute Gasteiger partial charge is 0.388 e. The fourth-order valence-electron chi connectivity index (χ4n) is 3.76. The molecule has 0 radical (unpaired) electrons. The average molecular weight is 487 g/mol. The predicted octanol–water partition coefficient (Wildman–Crippen LogP) is 4.83. The number of rotatable bonds is 5. The minimum atomic E-state index is -2.98. The van der Waals surface area contributed by atoms with Gasteiger partial charge in [0.1, 0.15) is 22.9 Å². The van der Waals surface area contributed by atoms with Crippen LogP contribution in [-0.4, -0.2) is 46.9 Å². The molecule has 0 bridgehead atoms. The second-order valence-corrected chi connectivity index (χ2v) is 8.84. The molecule has 176 valence electrons. The van der Waals surface area contributed by atoms with Gasteiger partial charge in [-0.05, 0) is 43.2 Å². The van der Waals surface area contributed by atoms with Crippen LogP contribution in [0, 0.1) is 13.8 Å². The summed E-state index contributed by atoms with van der Waals surface area (Å²) in [6.45, 7) is 2.50. The Bertz CT molecular complexity index is 1430. The lowest BCUT2D eigenvalue weighted by Gasteiger charge is -2.26. The van der Waals surface area contributed by atoms with Gasteiger partial charge in [-0.15, -0.1) is 11.3 Å². The number of carbonyl (C=O) groups excluding carboxylic acids is 1. The zero-order valence-corrected chi connectivity index (χ0v) is 19.2. The van der Waals surface area contributed by atoms with E-state index in [1.807, 2.05) is 26.0 Å². The molecule has 34 heavy (non-hydrogen) atoms. The summed E-state index contributed by atoms with van der Waals surface area (Å²) in [7, 11) is 0. The number of halogens is 2. The van der Waals surface area contributed by atoms with Crippen molar-refractivity contribution in [3.8, 4) is 28.0 Å². The van der Waals surface area contributed by atoms with Crippen molar-refractivity contribution in [1.82, 2.24) is 15.0 Å². The van der Waals surface area contributed by atoms with Crippen molar-refractivity contribution in [3.63, 3.8) is 0 Å². The molecule has 0 saturated carbocycles. The third kappa shape index (κ3) is 4.18. The average Bonchev–Trinajstić information content (AvgIpc) is 3.22. The van der Waals surface area contributed by atoms with Gasteiger partial charge in [0.15, 0.2) is 17.6 Å². The number of benzene rings is 2. The first-order valence-electron chi connectivity index (χ1n) is 10.4. The molecule has 2 aromatic heterocycles. The molecule has 11 heteroatoms. The van der Waals surface area contributed by atoms with Gasteiger partial charge in [-0.1, -0.05) is 0 Å². The number of fused-ring (bicyclic) bond motifs is 4. The fraction of sp³-hybridized carbons (Fsp3) is 0.304. The first kappa shape index (κ1) is 22.2. The van der Waals surface area contributed by atoms with Crippen LogP contribution in [0.1, 0.15) is 18.1 Å². The van der Waals surface area contributed by atoms with E-state index in [0.29, 0.717) is 27.5 Å². The van der Waals surface area contributed by atoms with Crippen molar-refractivity contribution in [2.45, 2.75) is 33.5 Å². The zero-order chi connectivity index (χ0) is 24.0. The summed E-state index contributed by atoms with van der Waals surface area (Å²) in [6.07, 6.45) is 0.773. The van der Waals surface area contributed by atoms with Gasteiger partial charge < -0.3 is 18.9 Å². The molecule has 4 aromatic rings. The minimum Gasteiger partial charge on any atom is -0.484 e. The van der Waals surface area contributed by atoms with E-state index in [1.54, 1.807) is 6.07 Å². The highest BCUT2D eigenvalue weighted by Gasteiger charge is 2.27. The summed E-state index contributed by atoms with van der Waals surface area (Å²) < 4.78 is 47.4. The predicted molar refractivity (Wildman–Crippen MR) is 121 cm³/mol. The summed E-state index contributed by atoms with van der Waals surface area (Å²) in [5.74, 6) is 0.516. The first-order chi connectivity index (χ1) is 16.3. The van der Waals surface area contributed by atoms with Crippen molar-refractivity contribution >= 4 is 38.6 Å². The van der Waals surface area contributed by atoms with Crippen LogP contribution >= 0.6 is 11.3 Å². The van der Waals surface area contributed by atoms with Crippen LogP contribution in [0.4, 0.5) is 8.78 Å². The Morgan fingerprint density at radius 2 is 2.06 bits per heavy atom. The molecule has 1 aliphatic rings. The van der Waals surface area contributed by atoms with Crippen LogP contribution < -0.4 is 14.2 Å². The number of alkyl halides is 2. The third-order valence-electron chi connectivity index (χ3n) is 5.17. The van der Waals surface area contributed by atoms with Gasteiger partial charge >= 0.3 is 12.6 Å². The molecular weight excluding hydrogens is 468 g/mol. The normalized spacial score (nSPS) is 15.2. The van der Waals surface area contributed by atoms with Gasteiger partial charge in [0.25, 0.3) is 0 Å². The quantitative estimate of drug-likeness (QED) is 0.370. The number of hydrogen-bond donors (Lipinski definition) is 0. The Kier molecular flexibility index (Phi) is 5.64. The van der Waals surface area contributed by atoms with Gasteiger partial charge in [0.2, 0.25) is 5.88 Å². The number of hydrogen-bond acceptors (Lipinski definition) is 9. The molecule has 1 atom stereocenters. The van der Waals surface area contributed by atoms with Crippen molar-refractivity contribution in [1.29, 1.82) is 0 Å². The number of carbonyl (C=O) groups is 1. The number of aromatic nitrogens is 3. The molecule has 1 aliphatic heterocycles. The Morgan fingerprint density at radius 1 is 1.24 bits per heavy atom. The fourth-order valence-corrected chi connectivity index (χ4v) is 4.92. The lowest BCUT2D eigenvalue weighted by Crippen LogP contribution is -2.34. The number of nitrogens with zero attached hydrogens (tertiary/aromatic N) is 3. The number of thiazole rings is 1. The monoisotopic (exact) mass is 487 g/mol. The van der Waals surface area contributed by atoms with Gasteiger partial charge in [-0.3, -0.25) is 4.79 Å². The molecule has 0 amide bonds. The summed E-state index contributed by atoms with van der Waals surface area (Å²) >= 11 is 1.42. The van der Waals surface area contributed by atoms with E-state index in [0.717, 1.165) is 26.9 Å². The highest BCUT2D eigenvalue weighted by molar-refractivity contribution is 7.22. The maximum atomic E-state index is 12.6. The van der Waals surface area contributed by atoms with Crippen LogP contribution in [0.5, 0.6) is 17.4 Å². The molecule has 3 heterocycles. The van der Waals surface area contributed by atoms with Crippen LogP contribution in [0.3, 0.4) is 0 Å². The van der Waals surface area contributed by atoms with Gasteiger partial charge in [-0.2, -0.15) is 8.78 Å². The van der Waals surface area contributed by atoms with E-state index in [1.165, 1.54) is 24.5 Å². The van der Waals surface area contributed by atoms with Gasteiger partial charge in [0, 0.05) is 12.5 Å². The van der Waals surface area contributed by atoms with Crippen LogP contribution in [0.15, 0.2) is 24.4 Å². The topological polar surface area (TPSA) is 92.7 Å².